The molecule has 0 atom stereocenters. The summed E-state index contributed by atoms with van der Waals surface area (Å²) in [6, 6.07) is 0.350. The molecule has 19 heavy (non-hydrogen) atoms. The van der Waals surface area contributed by atoms with Crippen molar-refractivity contribution in [1.82, 2.24) is 9.97 Å². The molecule has 1 aromatic heterocycles. The fraction of sp³-hybridized carbons (Fsp3) is 0.667. The highest BCUT2D eigenvalue weighted by Gasteiger charge is 2.29. The number of anilines is 2. The van der Waals surface area contributed by atoms with Crippen LogP contribution in [0, 0.1) is 10.1 Å². The molecule has 0 bridgehead atoms. The summed E-state index contributed by atoms with van der Waals surface area (Å²) >= 11 is 0. The Morgan fingerprint density at radius 1 is 1.53 bits per heavy atom. The molecule has 1 heterocycles. The fourth-order valence-electron chi connectivity index (χ4n) is 2.62. The highest BCUT2D eigenvalue weighted by atomic mass is 16.6. The van der Waals surface area contributed by atoms with Gasteiger partial charge in [0.15, 0.2) is 0 Å². The van der Waals surface area contributed by atoms with E-state index in [0.717, 1.165) is 12.8 Å². The summed E-state index contributed by atoms with van der Waals surface area (Å²) < 4.78 is 0. The summed E-state index contributed by atoms with van der Waals surface area (Å²) in [6.45, 7) is 2.72. The maximum Gasteiger partial charge on any atom is 0.329 e. The number of hydrogen-bond donors (Lipinski definition) is 1. The van der Waals surface area contributed by atoms with E-state index in [9.17, 15) is 10.1 Å². The molecule has 1 aromatic rings. The van der Waals surface area contributed by atoms with Crippen molar-refractivity contribution in [2.24, 2.45) is 0 Å². The lowest BCUT2D eigenvalue weighted by Crippen LogP contribution is -2.34. The molecule has 0 radical (unpaired) electrons. The van der Waals surface area contributed by atoms with Gasteiger partial charge in [-0.25, -0.2) is 4.98 Å². The van der Waals surface area contributed by atoms with Gasteiger partial charge in [0.2, 0.25) is 11.8 Å². The zero-order valence-electron chi connectivity index (χ0n) is 11.3. The van der Waals surface area contributed by atoms with Crippen molar-refractivity contribution >= 4 is 17.5 Å². The molecule has 0 amide bonds. The standard InChI is InChI=1S/C12H19N5O2/c1-3-16(9-6-4-5-7-9)11-10(17(18)19)8-14-12(13-2)15-11/h8-9H,3-7H2,1-2H3,(H,13,14,15). The zero-order chi connectivity index (χ0) is 13.8. The molecule has 7 heteroatoms. The van der Waals surface area contributed by atoms with E-state index < -0.39 is 4.92 Å². The average molecular weight is 265 g/mol. The molecular weight excluding hydrogens is 246 g/mol. The average Bonchev–Trinajstić information content (AvgIpc) is 2.93. The number of aromatic nitrogens is 2. The van der Waals surface area contributed by atoms with Crippen LogP contribution < -0.4 is 10.2 Å². The predicted octanol–water partition coefficient (Wildman–Crippen LogP) is 2.20. The first-order valence-corrected chi connectivity index (χ1v) is 6.63. The fourth-order valence-corrected chi connectivity index (χ4v) is 2.62. The summed E-state index contributed by atoms with van der Waals surface area (Å²) in [4.78, 5) is 21.0. The van der Waals surface area contributed by atoms with Gasteiger partial charge in [0, 0.05) is 19.6 Å². The molecule has 0 aromatic carbocycles. The minimum atomic E-state index is -0.410. The number of rotatable bonds is 5. The number of nitrogens with zero attached hydrogens (tertiary/aromatic N) is 4. The van der Waals surface area contributed by atoms with Crippen molar-refractivity contribution in [3.8, 4) is 0 Å². The van der Waals surface area contributed by atoms with Crippen molar-refractivity contribution in [1.29, 1.82) is 0 Å². The lowest BCUT2D eigenvalue weighted by molar-refractivity contribution is -0.384. The van der Waals surface area contributed by atoms with E-state index in [1.807, 2.05) is 11.8 Å². The Hall–Kier alpha value is -1.92. The summed E-state index contributed by atoms with van der Waals surface area (Å²) in [5, 5.41) is 14.0. The molecule has 0 saturated heterocycles. The van der Waals surface area contributed by atoms with Crippen molar-refractivity contribution in [2.75, 3.05) is 23.8 Å². The first-order chi connectivity index (χ1) is 9.17. The van der Waals surface area contributed by atoms with E-state index >= 15 is 0 Å². The molecule has 1 aliphatic carbocycles. The lowest BCUT2D eigenvalue weighted by atomic mass is 10.2. The maximum atomic E-state index is 11.1. The van der Waals surface area contributed by atoms with E-state index in [2.05, 4.69) is 15.3 Å². The zero-order valence-corrected chi connectivity index (χ0v) is 11.3. The Balaban J connectivity index is 2.40. The number of hydrogen-bond acceptors (Lipinski definition) is 6. The monoisotopic (exact) mass is 265 g/mol. The largest absolute Gasteiger partial charge is 0.357 e. The van der Waals surface area contributed by atoms with Gasteiger partial charge in [0.25, 0.3) is 0 Å². The van der Waals surface area contributed by atoms with Crippen LogP contribution in [0.3, 0.4) is 0 Å². The Labute approximate surface area is 112 Å². The van der Waals surface area contributed by atoms with Crippen molar-refractivity contribution in [3.05, 3.63) is 16.3 Å². The van der Waals surface area contributed by atoms with E-state index in [0.29, 0.717) is 24.4 Å². The Morgan fingerprint density at radius 2 is 2.21 bits per heavy atom. The van der Waals surface area contributed by atoms with Gasteiger partial charge in [-0.2, -0.15) is 4.98 Å². The number of nitro groups is 1. The van der Waals surface area contributed by atoms with Crippen LogP contribution in [0.15, 0.2) is 6.20 Å². The molecule has 1 fully saturated rings. The SMILES string of the molecule is CCN(c1nc(NC)ncc1[N+](=O)[O-])C1CCCC1. The first kappa shape index (κ1) is 13.5. The molecule has 104 valence electrons. The van der Waals surface area contributed by atoms with Crippen molar-refractivity contribution < 1.29 is 4.92 Å². The van der Waals surface area contributed by atoms with Gasteiger partial charge in [-0.05, 0) is 19.8 Å². The van der Waals surface area contributed by atoms with Crippen LogP contribution in [0.2, 0.25) is 0 Å². The van der Waals surface area contributed by atoms with Gasteiger partial charge < -0.3 is 10.2 Å². The van der Waals surface area contributed by atoms with E-state index in [1.54, 1.807) is 7.05 Å². The van der Waals surface area contributed by atoms with Crippen LogP contribution in [0.1, 0.15) is 32.6 Å². The summed E-state index contributed by atoms with van der Waals surface area (Å²) in [5.74, 6) is 0.843. The topological polar surface area (TPSA) is 84.2 Å². The predicted molar refractivity (Wildman–Crippen MR) is 73.5 cm³/mol. The minimum Gasteiger partial charge on any atom is -0.357 e. The molecule has 1 saturated carbocycles. The Morgan fingerprint density at radius 3 is 2.74 bits per heavy atom. The third kappa shape index (κ3) is 2.74. The first-order valence-electron chi connectivity index (χ1n) is 6.63. The second-order valence-corrected chi connectivity index (χ2v) is 4.63. The van der Waals surface area contributed by atoms with E-state index in [4.69, 9.17) is 0 Å². The second kappa shape index (κ2) is 5.81. The minimum absolute atomic E-state index is 0.0206. The van der Waals surface area contributed by atoms with Gasteiger partial charge in [-0.3, -0.25) is 10.1 Å². The van der Waals surface area contributed by atoms with Gasteiger partial charge in [-0.15, -0.1) is 0 Å². The van der Waals surface area contributed by atoms with E-state index in [-0.39, 0.29) is 5.69 Å². The molecule has 0 spiro atoms. The van der Waals surface area contributed by atoms with Crippen molar-refractivity contribution in [3.63, 3.8) is 0 Å². The summed E-state index contributed by atoms with van der Waals surface area (Å²) in [5.41, 5.74) is -0.0206. The van der Waals surface area contributed by atoms with Gasteiger partial charge in [-0.1, -0.05) is 12.8 Å². The summed E-state index contributed by atoms with van der Waals surface area (Å²) in [7, 11) is 1.71. The van der Waals surface area contributed by atoms with Crippen LogP contribution in [-0.2, 0) is 0 Å². The lowest BCUT2D eigenvalue weighted by Gasteiger charge is -2.28. The molecule has 7 nitrogen and oxygen atoms in total. The maximum absolute atomic E-state index is 11.1. The van der Waals surface area contributed by atoms with Crippen LogP contribution in [0.25, 0.3) is 0 Å². The summed E-state index contributed by atoms with van der Waals surface area (Å²) in [6.07, 6.45) is 5.79. The van der Waals surface area contributed by atoms with Crippen LogP contribution in [-0.4, -0.2) is 34.5 Å². The highest BCUT2D eigenvalue weighted by Crippen LogP contribution is 2.32. The second-order valence-electron chi connectivity index (χ2n) is 4.63. The Bertz CT molecular complexity index is 459. The quantitative estimate of drug-likeness (QED) is 0.649. The van der Waals surface area contributed by atoms with Crippen LogP contribution in [0.5, 0.6) is 0 Å². The van der Waals surface area contributed by atoms with E-state index in [1.165, 1.54) is 19.0 Å². The third-order valence-electron chi connectivity index (χ3n) is 3.55. The van der Waals surface area contributed by atoms with Gasteiger partial charge in [0.1, 0.15) is 6.20 Å². The van der Waals surface area contributed by atoms with Gasteiger partial charge in [0.05, 0.1) is 4.92 Å². The molecule has 1 N–H and O–H groups in total. The number of nitrogens with one attached hydrogen (secondary N) is 1. The normalized spacial score (nSPS) is 15.5. The van der Waals surface area contributed by atoms with Crippen LogP contribution >= 0.6 is 0 Å². The molecule has 0 aliphatic heterocycles. The third-order valence-corrected chi connectivity index (χ3v) is 3.55. The molecule has 1 aliphatic rings. The molecular formula is C12H19N5O2. The molecule has 0 unspecified atom stereocenters. The van der Waals surface area contributed by atoms with Crippen molar-refractivity contribution in [2.45, 2.75) is 38.6 Å². The Kier molecular flexibility index (Phi) is 4.13. The smallest absolute Gasteiger partial charge is 0.329 e. The highest BCUT2D eigenvalue weighted by molar-refractivity contribution is 5.59. The molecule has 2 rings (SSSR count). The van der Waals surface area contributed by atoms with Crippen LogP contribution in [0.4, 0.5) is 17.5 Å². The van der Waals surface area contributed by atoms with Gasteiger partial charge >= 0.3 is 5.69 Å².